The van der Waals surface area contributed by atoms with Crippen LogP contribution in [0, 0.1) is 13.8 Å². The number of fused-ring (bicyclic) bond motifs is 1. The highest BCUT2D eigenvalue weighted by Crippen LogP contribution is 2.32. The number of hydrogen-bond donors (Lipinski definition) is 1. The lowest BCUT2D eigenvalue weighted by Crippen LogP contribution is -2.15. The highest BCUT2D eigenvalue weighted by atomic mass is 16.5. The van der Waals surface area contributed by atoms with E-state index in [2.05, 4.69) is 22.1 Å². The van der Waals surface area contributed by atoms with Gasteiger partial charge in [-0.1, -0.05) is 24.3 Å². The molecule has 0 saturated carbocycles. The number of ether oxygens (including phenoxy) is 2. The molecular weight excluding hydrogens is 364 g/mol. The predicted octanol–water partition coefficient (Wildman–Crippen LogP) is 4.36. The summed E-state index contributed by atoms with van der Waals surface area (Å²) in [6, 6.07) is 12.3. The molecule has 1 aliphatic rings. The van der Waals surface area contributed by atoms with Crippen LogP contribution in [-0.2, 0) is 9.53 Å². The lowest BCUT2D eigenvalue weighted by Gasteiger charge is -2.16. The Balaban J connectivity index is 1.35. The van der Waals surface area contributed by atoms with Gasteiger partial charge in [0.05, 0.1) is 6.61 Å². The van der Waals surface area contributed by atoms with Crippen LogP contribution in [0.3, 0.4) is 0 Å². The molecule has 1 aromatic heterocycles. The van der Waals surface area contributed by atoms with Crippen LogP contribution in [0.2, 0.25) is 0 Å². The largest absolute Gasteiger partial charge is 0.485 e. The summed E-state index contributed by atoms with van der Waals surface area (Å²) in [5, 5.41) is 1.10. The Bertz CT molecular complexity index is 1020. The van der Waals surface area contributed by atoms with Gasteiger partial charge in [-0.2, -0.15) is 0 Å². The number of carbonyl (C=O) groups is 1. The van der Waals surface area contributed by atoms with Crippen molar-refractivity contribution in [1.29, 1.82) is 0 Å². The van der Waals surface area contributed by atoms with E-state index in [-0.39, 0.29) is 18.9 Å². The van der Waals surface area contributed by atoms with Gasteiger partial charge in [-0.3, -0.25) is 9.79 Å². The molecule has 29 heavy (non-hydrogen) atoms. The molecule has 1 fully saturated rings. The van der Waals surface area contributed by atoms with Crippen LogP contribution in [0.4, 0.5) is 0 Å². The number of nitrogens with zero attached hydrogens (tertiary/aromatic N) is 1. The second-order valence-electron chi connectivity index (χ2n) is 7.63. The van der Waals surface area contributed by atoms with Crippen LogP contribution in [0.15, 0.2) is 47.6 Å². The summed E-state index contributed by atoms with van der Waals surface area (Å²) in [5.74, 6) is 1.21. The van der Waals surface area contributed by atoms with Crippen LogP contribution in [-0.4, -0.2) is 43.3 Å². The number of ketones is 1. The lowest BCUT2D eigenvalue weighted by atomic mass is 9.94. The molecule has 1 unspecified atom stereocenters. The number of carbonyl (C=O) groups excluding carboxylic acids is 1. The Morgan fingerprint density at radius 3 is 2.86 bits per heavy atom. The Morgan fingerprint density at radius 2 is 2.10 bits per heavy atom. The molecule has 1 aliphatic heterocycles. The number of rotatable bonds is 7. The van der Waals surface area contributed by atoms with E-state index in [9.17, 15) is 4.79 Å². The number of H-pyrrole nitrogens is 1. The molecule has 5 heteroatoms. The Hall–Kier alpha value is -2.92. The summed E-state index contributed by atoms with van der Waals surface area (Å²) in [5.41, 5.74) is 5.46. The zero-order chi connectivity index (χ0) is 20.2. The Labute approximate surface area is 170 Å². The minimum Gasteiger partial charge on any atom is -0.485 e. The molecule has 5 nitrogen and oxygen atoms in total. The number of aromatic amines is 1. The maximum atomic E-state index is 12.3. The standard InChI is InChI=1S/C24H26N2O3/c1-16-10-20(19-7-9-28-14-19)11-17(2)24(16)29-15-21(27)13-25-12-18-4-3-5-23-22(18)6-8-26-23/h3-6,8,10-12,19,26H,7,9,13-15H2,1-2H3. The van der Waals surface area contributed by atoms with Crippen LogP contribution < -0.4 is 4.74 Å². The number of Topliss-reactive ketones (excluding diaryl/α,β-unsaturated/α-hetero) is 1. The molecule has 4 rings (SSSR count). The molecule has 3 aromatic rings. The normalized spacial score (nSPS) is 16.7. The summed E-state index contributed by atoms with van der Waals surface area (Å²) in [7, 11) is 0. The number of benzene rings is 2. The van der Waals surface area contributed by atoms with Crippen LogP contribution >= 0.6 is 0 Å². The molecule has 0 aliphatic carbocycles. The third kappa shape index (κ3) is 4.40. The predicted molar refractivity (Wildman–Crippen MR) is 115 cm³/mol. The van der Waals surface area contributed by atoms with Gasteiger partial charge in [0.15, 0.2) is 5.78 Å². The van der Waals surface area contributed by atoms with Gasteiger partial charge in [-0.05, 0) is 49.1 Å². The number of hydrogen-bond acceptors (Lipinski definition) is 4. The van der Waals surface area contributed by atoms with E-state index in [1.54, 1.807) is 6.21 Å². The first-order valence-electron chi connectivity index (χ1n) is 10.0. The number of aromatic nitrogens is 1. The van der Waals surface area contributed by atoms with E-state index in [0.717, 1.165) is 53.0 Å². The molecule has 0 radical (unpaired) electrons. The molecule has 1 atom stereocenters. The monoisotopic (exact) mass is 390 g/mol. The maximum Gasteiger partial charge on any atom is 0.191 e. The SMILES string of the molecule is Cc1cc(C2CCOC2)cc(C)c1OCC(=O)CN=Cc1cccc2[nH]ccc12. The summed E-state index contributed by atoms with van der Waals surface area (Å²) >= 11 is 0. The highest BCUT2D eigenvalue weighted by Gasteiger charge is 2.19. The molecule has 0 amide bonds. The van der Waals surface area contributed by atoms with Gasteiger partial charge in [0.1, 0.15) is 18.9 Å². The van der Waals surface area contributed by atoms with E-state index in [1.807, 2.05) is 44.3 Å². The van der Waals surface area contributed by atoms with Crippen molar-refractivity contribution in [2.75, 3.05) is 26.4 Å². The van der Waals surface area contributed by atoms with E-state index in [0.29, 0.717) is 5.92 Å². The second-order valence-corrected chi connectivity index (χ2v) is 7.63. The van der Waals surface area contributed by atoms with Crippen molar-refractivity contribution >= 4 is 22.9 Å². The summed E-state index contributed by atoms with van der Waals surface area (Å²) in [6.07, 6.45) is 4.71. The Morgan fingerprint density at radius 1 is 1.28 bits per heavy atom. The molecule has 0 bridgehead atoms. The van der Waals surface area contributed by atoms with Gasteiger partial charge < -0.3 is 14.5 Å². The van der Waals surface area contributed by atoms with Crippen molar-refractivity contribution in [3.8, 4) is 5.75 Å². The second kappa shape index (κ2) is 8.62. The summed E-state index contributed by atoms with van der Waals surface area (Å²) < 4.78 is 11.3. The van der Waals surface area contributed by atoms with Gasteiger partial charge in [0, 0.05) is 41.4 Å². The zero-order valence-electron chi connectivity index (χ0n) is 16.9. The number of nitrogens with one attached hydrogen (secondary N) is 1. The van der Waals surface area contributed by atoms with Crippen molar-refractivity contribution in [2.24, 2.45) is 4.99 Å². The van der Waals surface area contributed by atoms with E-state index < -0.39 is 0 Å². The van der Waals surface area contributed by atoms with Crippen LogP contribution in [0.5, 0.6) is 5.75 Å². The van der Waals surface area contributed by atoms with Crippen LogP contribution in [0.1, 0.15) is 34.6 Å². The fraction of sp³-hybridized carbons (Fsp3) is 0.333. The molecule has 1 N–H and O–H groups in total. The first-order chi connectivity index (χ1) is 14.1. The minimum atomic E-state index is -0.0467. The van der Waals surface area contributed by atoms with Crippen molar-refractivity contribution in [3.63, 3.8) is 0 Å². The quantitative estimate of drug-likeness (QED) is 0.610. The number of aryl methyl sites for hydroxylation is 2. The number of aliphatic imine (C=N–C) groups is 1. The zero-order valence-corrected chi connectivity index (χ0v) is 16.9. The molecule has 2 heterocycles. The minimum absolute atomic E-state index is 0.0270. The van der Waals surface area contributed by atoms with Crippen molar-refractivity contribution in [1.82, 2.24) is 4.98 Å². The van der Waals surface area contributed by atoms with E-state index in [4.69, 9.17) is 9.47 Å². The van der Waals surface area contributed by atoms with E-state index in [1.165, 1.54) is 5.56 Å². The van der Waals surface area contributed by atoms with E-state index >= 15 is 0 Å². The Kier molecular flexibility index (Phi) is 5.76. The van der Waals surface area contributed by atoms with Gasteiger partial charge in [0.25, 0.3) is 0 Å². The first-order valence-corrected chi connectivity index (χ1v) is 10.0. The first kappa shape index (κ1) is 19.4. The molecule has 0 spiro atoms. The van der Waals surface area contributed by atoms with Crippen molar-refractivity contribution < 1.29 is 14.3 Å². The molecule has 2 aromatic carbocycles. The topological polar surface area (TPSA) is 63.7 Å². The third-order valence-electron chi connectivity index (χ3n) is 5.39. The summed E-state index contributed by atoms with van der Waals surface area (Å²) in [4.78, 5) is 19.7. The maximum absolute atomic E-state index is 12.3. The van der Waals surface area contributed by atoms with Gasteiger partial charge in [0.2, 0.25) is 0 Å². The third-order valence-corrected chi connectivity index (χ3v) is 5.39. The average Bonchev–Trinajstić information content (AvgIpc) is 3.39. The fourth-order valence-electron chi connectivity index (χ4n) is 3.91. The van der Waals surface area contributed by atoms with Gasteiger partial charge >= 0.3 is 0 Å². The lowest BCUT2D eigenvalue weighted by molar-refractivity contribution is -0.119. The molecular formula is C24H26N2O3. The summed E-state index contributed by atoms with van der Waals surface area (Å²) in [6.45, 7) is 5.81. The smallest absolute Gasteiger partial charge is 0.191 e. The molecule has 1 saturated heterocycles. The average molecular weight is 390 g/mol. The van der Waals surface area contributed by atoms with Gasteiger partial charge in [-0.15, -0.1) is 0 Å². The van der Waals surface area contributed by atoms with Crippen molar-refractivity contribution in [2.45, 2.75) is 26.2 Å². The highest BCUT2D eigenvalue weighted by molar-refractivity contribution is 5.99. The van der Waals surface area contributed by atoms with Gasteiger partial charge in [-0.25, -0.2) is 0 Å². The fourth-order valence-corrected chi connectivity index (χ4v) is 3.91. The molecule has 150 valence electrons. The van der Waals surface area contributed by atoms with Crippen LogP contribution in [0.25, 0.3) is 10.9 Å². The van der Waals surface area contributed by atoms with Crippen molar-refractivity contribution in [3.05, 3.63) is 64.8 Å².